The summed E-state index contributed by atoms with van der Waals surface area (Å²) >= 11 is 6.11. The van der Waals surface area contributed by atoms with Crippen LogP contribution in [-0.4, -0.2) is 29.8 Å². The number of nitrogens with zero attached hydrogens (tertiary/aromatic N) is 2. The molecule has 140 valence electrons. The summed E-state index contributed by atoms with van der Waals surface area (Å²) in [6, 6.07) is 12.2. The van der Waals surface area contributed by atoms with Crippen molar-refractivity contribution in [1.82, 2.24) is 15.5 Å². The van der Waals surface area contributed by atoms with Gasteiger partial charge in [-0.15, -0.1) is 0 Å². The van der Waals surface area contributed by atoms with Crippen molar-refractivity contribution >= 4 is 17.5 Å². The normalized spacial score (nSPS) is 10.5. The van der Waals surface area contributed by atoms with E-state index < -0.39 is 0 Å². The number of methoxy groups -OCH3 is 1. The fourth-order valence-electron chi connectivity index (χ4n) is 2.38. The van der Waals surface area contributed by atoms with Crippen LogP contribution in [0.2, 0.25) is 5.02 Å². The van der Waals surface area contributed by atoms with Crippen LogP contribution in [0.15, 0.2) is 47.0 Å². The molecule has 3 aromatic rings. The van der Waals surface area contributed by atoms with Crippen molar-refractivity contribution in [1.29, 1.82) is 0 Å². The van der Waals surface area contributed by atoms with Gasteiger partial charge in [0.15, 0.2) is 0 Å². The van der Waals surface area contributed by atoms with Gasteiger partial charge >= 0.3 is 0 Å². The van der Waals surface area contributed by atoms with Gasteiger partial charge in [-0.1, -0.05) is 28.9 Å². The molecule has 1 amide bonds. The van der Waals surface area contributed by atoms with Crippen molar-refractivity contribution in [2.24, 2.45) is 0 Å². The maximum absolute atomic E-state index is 12.3. The molecule has 7 nitrogen and oxygen atoms in total. The lowest BCUT2D eigenvalue weighted by Crippen LogP contribution is -2.22. The lowest BCUT2D eigenvalue weighted by atomic mass is 10.2. The van der Waals surface area contributed by atoms with Gasteiger partial charge in [-0.2, -0.15) is 4.98 Å². The lowest BCUT2D eigenvalue weighted by molar-refractivity contribution is 0.0946. The molecule has 0 aliphatic heterocycles. The molecule has 0 aliphatic carbocycles. The average molecular weight is 388 g/mol. The van der Waals surface area contributed by atoms with E-state index >= 15 is 0 Å². The van der Waals surface area contributed by atoms with Crippen LogP contribution in [0.3, 0.4) is 0 Å². The zero-order valence-corrected chi connectivity index (χ0v) is 15.6. The van der Waals surface area contributed by atoms with E-state index in [1.54, 1.807) is 31.4 Å². The minimum Gasteiger partial charge on any atom is -0.497 e. The second kappa shape index (κ2) is 8.55. The van der Waals surface area contributed by atoms with Gasteiger partial charge in [-0.05, 0) is 37.3 Å². The molecule has 0 spiro atoms. The first-order chi connectivity index (χ1) is 13.1. The van der Waals surface area contributed by atoms with Crippen LogP contribution in [0, 0.1) is 0 Å². The van der Waals surface area contributed by atoms with E-state index in [1.165, 1.54) is 0 Å². The third-order valence-electron chi connectivity index (χ3n) is 3.69. The number of benzene rings is 2. The van der Waals surface area contributed by atoms with Crippen molar-refractivity contribution in [3.8, 4) is 22.9 Å². The van der Waals surface area contributed by atoms with Crippen LogP contribution < -0.4 is 14.8 Å². The molecule has 0 aliphatic rings. The molecule has 8 heteroatoms. The number of nitrogens with one attached hydrogen (secondary N) is 1. The zero-order valence-electron chi connectivity index (χ0n) is 14.9. The van der Waals surface area contributed by atoms with Crippen LogP contribution in [0.5, 0.6) is 11.5 Å². The van der Waals surface area contributed by atoms with E-state index in [1.807, 2.05) is 25.1 Å². The highest BCUT2D eigenvalue weighted by Gasteiger charge is 2.13. The SMILES string of the molecule is CCOc1ccc(C(=O)NCc2nc(-c3cccc(OC)c3)no2)cc1Cl. The third kappa shape index (κ3) is 4.57. The molecule has 0 unspecified atom stereocenters. The Kier molecular flexibility index (Phi) is 5.93. The summed E-state index contributed by atoms with van der Waals surface area (Å²) in [5.41, 5.74) is 1.17. The van der Waals surface area contributed by atoms with Crippen molar-refractivity contribution < 1.29 is 18.8 Å². The van der Waals surface area contributed by atoms with Crippen molar-refractivity contribution in [3.05, 3.63) is 58.9 Å². The van der Waals surface area contributed by atoms with Crippen molar-refractivity contribution in [3.63, 3.8) is 0 Å². The largest absolute Gasteiger partial charge is 0.497 e. The molecule has 0 saturated carbocycles. The highest BCUT2D eigenvalue weighted by Crippen LogP contribution is 2.25. The summed E-state index contributed by atoms with van der Waals surface area (Å²) in [6.45, 7) is 2.46. The quantitative estimate of drug-likeness (QED) is 0.664. The molecule has 0 fully saturated rings. The summed E-state index contributed by atoms with van der Waals surface area (Å²) in [7, 11) is 1.59. The van der Waals surface area contributed by atoms with E-state index in [-0.39, 0.29) is 12.5 Å². The molecule has 0 radical (unpaired) electrons. The standard InChI is InChI=1S/C19H18ClN3O4/c1-3-26-16-8-7-13(10-15(16)20)19(24)21-11-17-22-18(23-27-17)12-5-4-6-14(9-12)25-2/h4-10H,3,11H2,1-2H3,(H,21,24). The van der Waals surface area contributed by atoms with Crippen LogP contribution in [0.1, 0.15) is 23.2 Å². The third-order valence-corrected chi connectivity index (χ3v) is 3.99. The Hall–Kier alpha value is -3.06. The van der Waals surface area contributed by atoms with Gasteiger partial charge in [0.1, 0.15) is 11.5 Å². The monoisotopic (exact) mass is 387 g/mol. The maximum atomic E-state index is 12.3. The van der Waals surface area contributed by atoms with Gasteiger partial charge < -0.3 is 19.3 Å². The van der Waals surface area contributed by atoms with Gasteiger partial charge in [0.2, 0.25) is 11.7 Å². The number of ether oxygens (including phenoxy) is 2. The van der Waals surface area contributed by atoms with E-state index in [4.69, 9.17) is 25.6 Å². The molecular formula is C19H18ClN3O4. The minimum absolute atomic E-state index is 0.0978. The van der Waals surface area contributed by atoms with Gasteiger partial charge in [0.05, 0.1) is 25.3 Å². The van der Waals surface area contributed by atoms with Crippen molar-refractivity contribution in [2.45, 2.75) is 13.5 Å². The number of hydrogen-bond acceptors (Lipinski definition) is 6. The molecule has 0 saturated heterocycles. The highest BCUT2D eigenvalue weighted by molar-refractivity contribution is 6.32. The molecule has 1 aromatic heterocycles. The lowest BCUT2D eigenvalue weighted by Gasteiger charge is -2.07. The summed E-state index contributed by atoms with van der Waals surface area (Å²) < 4.78 is 15.7. The van der Waals surface area contributed by atoms with Gasteiger partial charge in [-0.3, -0.25) is 4.79 Å². The molecule has 1 heterocycles. The number of carbonyl (C=O) groups is 1. The first-order valence-corrected chi connectivity index (χ1v) is 8.66. The fourth-order valence-corrected chi connectivity index (χ4v) is 2.61. The molecule has 1 N–H and O–H groups in total. The van der Waals surface area contributed by atoms with Crippen molar-refractivity contribution in [2.75, 3.05) is 13.7 Å². The van der Waals surface area contributed by atoms with Gasteiger partial charge in [0, 0.05) is 11.1 Å². The predicted octanol–water partition coefficient (Wildman–Crippen LogP) is 3.73. The second-order valence-electron chi connectivity index (χ2n) is 5.50. The molecule has 27 heavy (non-hydrogen) atoms. The number of hydrogen-bond donors (Lipinski definition) is 1. The second-order valence-corrected chi connectivity index (χ2v) is 5.91. The fraction of sp³-hybridized carbons (Fsp3) is 0.211. The first kappa shape index (κ1) is 18.7. The minimum atomic E-state index is -0.305. The summed E-state index contributed by atoms with van der Waals surface area (Å²) in [4.78, 5) is 16.6. The van der Waals surface area contributed by atoms with Gasteiger partial charge in [0.25, 0.3) is 5.91 Å². The van der Waals surface area contributed by atoms with Crippen LogP contribution in [0.4, 0.5) is 0 Å². The molecule has 0 bridgehead atoms. The summed E-state index contributed by atoms with van der Waals surface area (Å²) in [6.07, 6.45) is 0. The molecule has 2 aromatic carbocycles. The Balaban J connectivity index is 1.64. The number of rotatable bonds is 7. The number of amides is 1. The average Bonchev–Trinajstić information content (AvgIpc) is 3.17. The zero-order chi connectivity index (χ0) is 19.2. The number of aromatic nitrogens is 2. The molecule has 3 rings (SSSR count). The molecule has 0 atom stereocenters. The Morgan fingerprint density at radius 2 is 2.11 bits per heavy atom. The van der Waals surface area contributed by atoms with E-state index in [0.29, 0.717) is 40.4 Å². The van der Waals surface area contributed by atoms with Gasteiger partial charge in [-0.25, -0.2) is 0 Å². The summed E-state index contributed by atoms with van der Waals surface area (Å²) in [5, 5.41) is 7.03. The van der Waals surface area contributed by atoms with Crippen LogP contribution in [0.25, 0.3) is 11.4 Å². The topological polar surface area (TPSA) is 86.5 Å². The van der Waals surface area contributed by atoms with Crippen LogP contribution in [-0.2, 0) is 6.54 Å². The Labute approximate surface area is 161 Å². The Morgan fingerprint density at radius 3 is 2.85 bits per heavy atom. The molecular weight excluding hydrogens is 370 g/mol. The highest BCUT2D eigenvalue weighted by atomic mass is 35.5. The Bertz CT molecular complexity index is 942. The van der Waals surface area contributed by atoms with E-state index in [0.717, 1.165) is 5.56 Å². The van der Waals surface area contributed by atoms with Crippen LogP contribution >= 0.6 is 11.6 Å². The summed E-state index contributed by atoms with van der Waals surface area (Å²) in [5.74, 6) is 1.64. The van der Waals surface area contributed by atoms with E-state index in [9.17, 15) is 4.79 Å². The number of carbonyl (C=O) groups excluding carboxylic acids is 1. The first-order valence-electron chi connectivity index (χ1n) is 8.28. The maximum Gasteiger partial charge on any atom is 0.251 e. The predicted molar refractivity (Wildman–Crippen MR) is 100 cm³/mol. The smallest absolute Gasteiger partial charge is 0.251 e. The van der Waals surface area contributed by atoms with E-state index in [2.05, 4.69) is 15.5 Å². The Morgan fingerprint density at radius 1 is 1.26 bits per heavy atom. The number of halogens is 1.